The van der Waals surface area contributed by atoms with Crippen molar-refractivity contribution in [2.24, 2.45) is 7.05 Å². The SMILES string of the molecule is Cn1cc(Cl)cc1C(=O)NC1(C(=O)O)CCOCC1. The summed E-state index contributed by atoms with van der Waals surface area (Å²) in [6, 6.07) is 1.51. The Bertz CT molecular complexity index is 506. The smallest absolute Gasteiger partial charge is 0.329 e. The van der Waals surface area contributed by atoms with Crippen molar-refractivity contribution in [3.8, 4) is 0 Å². The number of nitrogens with zero attached hydrogens (tertiary/aromatic N) is 1. The first-order chi connectivity index (χ1) is 8.94. The maximum atomic E-state index is 12.2. The highest BCUT2D eigenvalue weighted by atomic mass is 35.5. The second kappa shape index (κ2) is 5.22. The minimum absolute atomic E-state index is 0.256. The number of carbonyl (C=O) groups excluding carboxylic acids is 1. The molecule has 0 spiro atoms. The van der Waals surface area contributed by atoms with Crippen LogP contribution in [0.3, 0.4) is 0 Å². The zero-order valence-electron chi connectivity index (χ0n) is 10.5. The van der Waals surface area contributed by atoms with Crippen molar-refractivity contribution >= 4 is 23.5 Å². The van der Waals surface area contributed by atoms with Crippen molar-refractivity contribution in [2.45, 2.75) is 18.4 Å². The molecule has 0 aromatic carbocycles. The fourth-order valence-electron chi connectivity index (χ4n) is 2.14. The Kier molecular flexibility index (Phi) is 3.82. The average Bonchev–Trinajstić information content (AvgIpc) is 2.69. The number of carbonyl (C=O) groups is 2. The summed E-state index contributed by atoms with van der Waals surface area (Å²) in [5.41, 5.74) is -0.927. The van der Waals surface area contributed by atoms with E-state index < -0.39 is 17.4 Å². The zero-order valence-corrected chi connectivity index (χ0v) is 11.2. The van der Waals surface area contributed by atoms with Crippen LogP contribution in [0.4, 0.5) is 0 Å². The molecule has 1 aliphatic heterocycles. The molecule has 0 unspecified atom stereocenters. The third-order valence-corrected chi connectivity index (χ3v) is 3.52. The summed E-state index contributed by atoms with van der Waals surface area (Å²) < 4.78 is 6.71. The first-order valence-corrected chi connectivity index (χ1v) is 6.28. The van der Waals surface area contributed by atoms with Gasteiger partial charge in [-0.25, -0.2) is 4.79 Å². The Morgan fingerprint density at radius 3 is 2.58 bits per heavy atom. The van der Waals surface area contributed by atoms with E-state index in [9.17, 15) is 14.7 Å². The topological polar surface area (TPSA) is 80.6 Å². The minimum Gasteiger partial charge on any atom is -0.480 e. The summed E-state index contributed by atoms with van der Waals surface area (Å²) in [6.07, 6.45) is 2.10. The van der Waals surface area contributed by atoms with Crippen LogP contribution in [-0.4, -0.2) is 40.3 Å². The molecule has 0 aliphatic carbocycles. The number of carboxylic acids is 1. The van der Waals surface area contributed by atoms with Crippen molar-refractivity contribution in [1.29, 1.82) is 0 Å². The van der Waals surface area contributed by atoms with Gasteiger partial charge < -0.3 is 19.7 Å². The molecular weight excluding hydrogens is 272 g/mol. The summed E-state index contributed by atoms with van der Waals surface area (Å²) in [7, 11) is 1.68. The average molecular weight is 287 g/mol. The molecule has 1 aliphatic rings. The van der Waals surface area contributed by atoms with Gasteiger partial charge in [-0.15, -0.1) is 0 Å². The number of amides is 1. The molecule has 1 aromatic heterocycles. The van der Waals surface area contributed by atoms with Crippen LogP contribution in [0.5, 0.6) is 0 Å². The molecule has 1 amide bonds. The number of aryl methyl sites for hydroxylation is 1. The summed E-state index contributed by atoms with van der Waals surface area (Å²) in [4.78, 5) is 23.6. The van der Waals surface area contributed by atoms with Crippen LogP contribution in [0, 0.1) is 0 Å². The van der Waals surface area contributed by atoms with Gasteiger partial charge in [0.15, 0.2) is 0 Å². The van der Waals surface area contributed by atoms with Crippen LogP contribution in [-0.2, 0) is 16.6 Å². The zero-order chi connectivity index (χ0) is 14.0. The Morgan fingerprint density at radius 1 is 1.47 bits per heavy atom. The molecule has 1 fully saturated rings. The molecule has 2 N–H and O–H groups in total. The first-order valence-electron chi connectivity index (χ1n) is 5.90. The number of hydrogen-bond acceptors (Lipinski definition) is 3. The van der Waals surface area contributed by atoms with E-state index in [4.69, 9.17) is 16.3 Å². The highest BCUT2D eigenvalue weighted by molar-refractivity contribution is 6.31. The van der Waals surface area contributed by atoms with E-state index in [1.165, 1.54) is 6.07 Å². The molecule has 0 bridgehead atoms. The van der Waals surface area contributed by atoms with Gasteiger partial charge in [0.1, 0.15) is 11.2 Å². The molecule has 0 atom stereocenters. The fraction of sp³-hybridized carbons (Fsp3) is 0.500. The number of aliphatic carboxylic acids is 1. The second-order valence-electron chi connectivity index (χ2n) is 4.61. The van der Waals surface area contributed by atoms with Crippen LogP contribution < -0.4 is 5.32 Å². The lowest BCUT2D eigenvalue weighted by Crippen LogP contribution is -2.57. The maximum absolute atomic E-state index is 12.2. The number of hydrogen-bond donors (Lipinski definition) is 2. The molecule has 1 saturated heterocycles. The molecule has 2 heterocycles. The van der Waals surface area contributed by atoms with E-state index in [0.717, 1.165) is 0 Å². The van der Waals surface area contributed by atoms with Gasteiger partial charge in [0.05, 0.1) is 5.02 Å². The summed E-state index contributed by atoms with van der Waals surface area (Å²) in [5.74, 6) is -1.48. The van der Waals surface area contributed by atoms with Gasteiger partial charge in [-0.1, -0.05) is 11.6 Å². The van der Waals surface area contributed by atoms with Crippen LogP contribution in [0.1, 0.15) is 23.3 Å². The highest BCUT2D eigenvalue weighted by Gasteiger charge is 2.42. The van der Waals surface area contributed by atoms with Gasteiger partial charge in [0.25, 0.3) is 5.91 Å². The van der Waals surface area contributed by atoms with Crippen LogP contribution in [0.15, 0.2) is 12.3 Å². The predicted octanol–water partition coefficient (Wildman–Crippen LogP) is 1.04. The van der Waals surface area contributed by atoms with Gasteiger partial charge in [-0.05, 0) is 6.07 Å². The Hall–Kier alpha value is -1.53. The van der Waals surface area contributed by atoms with Crippen molar-refractivity contribution in [3.05, 3.63) is 23.0 Å². The van der Waals surface area contributed by atoms with Gasteiger partial charge in [-0.2, -0.15) is 0 Å². The van der Waals surface area contributed by atoms with E-state index in [2.05, 4.69) is 5.32 Å². The number of ether oxygens (including phenoxy) is 1. The third kappa shape index (κ3) is 2.74. The van der Waals surface area contributed by atoms with Crippen LogP contribution >= 0.6 is 11.6 Å². The van der Waals surface area contributed by atoms with E-state index in [1.807, 2.05) is 0 Å². The monoisotopic (exact) mass is 286 g/mol. The van der Waals surface area contributed by atoms with Crippen molar-refractivity contribution in [3.63, 3.8) is 0 Å². The Morgan fingerprint density at radius 2 is 2.11 bits per heavy atom. The largest absolute Gasteiger partial charge is 0.480 e. The molecular formula is C12H15ClN2O4. The van der Waals surface area contributed by atoms with E-state index >= 15 is 0 Å². The molecule has 19 heavy (non-hydrogen) atoms. The van der Waals surface area contributed by atoms with Gasteiger partial charge >= 0.3 is 5.97 Å². The maximum Gasteiger partial charge on any atom is 0.329 e. The summed E-state index contributed by atoms with van der Waals surface area (Å²) in [6.45, 7) is 0.640. The van der Waals surface area contributed by atoms with E-state index in [-0.39, 0.29) is 12.8 Å². The molecule has 6 nitrogen and oxygen atoms in total. The van der Waals surface area contributed by atoms with Crippen molar-refractivity contribution < 1.29 is 19.4 Å². The molecule has 2 rings (SSSR count). The summed E-state index contributed by atoms with van der Waals surface area (Å²) >= 11 is 5.81. The minimum atomic E-state index is -1.26. The normalized spacial score (nSPS) is 18.0. The molecule has 7 heteroatoms. The molecule has 104 valence electrons. The van der Waals surface area contributed by atoms with Crippen molar-refractivity contribution in [1.82, 2.24) is 9.88 Å². The van der Waals surface area contributed by atoms with Crippen LogP contribution in [0.25, 0.3) is 0 Å². The molecule has 0 radical (unpaired) electrons. The predicted molar refractivity (Wildman–Crippen MR) is 68.3 cm³/mol. The standard InChI is InChI=1S/C12H15ClN2O4/c1-15-7-8(13)6-9(15)10(16)14-12(11(17)18)2-4-19-5-3-12/h6-7H,2-5H2,1H3,(H,14,16)(H,17,18). The quantitative estimate of drug-likeness (QED) is 0.870. The lowest BCUT2D eigenvalue weighted by Gasteiger charge is -2.33. The van der Waals surface area contributed by atoms with Gasteiger partial charge in [0.2, 0.25) is 0 Å². The number of halogens is 1. The van der Waals surface area contributed by atoms with Crippen LogP contribution in [0.2, 0.25) is 5.02 Å². The van der Waals surface area contributed by atoms with E-state index in [0.29, 0.717) is 23.9 Å². The van der Waals surface area contributed by atoms with E-state index in [1.54, 1.807) is 17.8 Å². The lowest BCUT2D eigenvalue weighted by atomic mass is 9.90. The number of aromatic nitrogens is 1. The fourth-order valence-corrected chi connectivity index (χ4v) is 2.39. The second-order valence-corrected chi connectivity index (χ2v) is 5.04. The number of nitrogens with one attached hydrogen (secondary N) is 1. The third-order valence-electron chi connectivity index (χ3n) is 3.31. The number of carboxylic acid groups (broad SMARTS) is 1. The Balaban J connectivity index is 2.20. The van der Waals surface area contributed by atoms with Gasteiger partial charge in [-0.3, -0.25) is 4.79 Å². The highest BCUT2D eigenvalue weighted by Crippen LogP contribution is 2.22. The molecule has 0 saturated carbocycles. The summed E-state index contributed by atoms with van der Waals surface area (Å²) in [5, 5.41) is 12.4. The van der Waals surface area contributed by atoms with Gasteiger partial charge in [0, 0.05) is 39.3 Å². The van der Waals surface area contributed by atoms with Crippen molar-refractivity contribution in [2.75, 3.05) is 13.2 Å². The number of rotatable bonds is 3. The Labute approximate surface area is 115 Å². The first kappa shape index (κ1) is 13.9. The lowest BCUT2D eigenvalue weighted by molar-refractivity contribution is -0.148. The molecule has 1 aromatic rings.